The molecule has 0 amide bonds. The van der Waals surface area contributed by atoms with Crippen LogP contribution in [0.1, 0.15) is 55.2 Å². The summed E-state index contributed by atoms with van der Waals surface area (Å²) in [5, 5.41) is 0. The van der Waals surface area contributed by atoms with Crippen LogP contribution in [-0.2, 0) is 12.5 Å². The Hall–Kier alpha value is -3.17. The smallest absolute Gasteiger partial charge is 0.140 e. The number of aromatic nitrogens is 2. The summed E-state index contributed by atoms with van der Waals surface area (Å²) < 4.78 is 2.21. The highest BCUT2D eigenvalue weighted by atomic mass is 15.2. The van der Waals surface area contributed by atoms with Crippen molar-refractivity contribution in [3.05, 3.63) is 95.6 Å². The maximum absolute atomic E-state index is 4.89. The SMILES string of the molecule is C[C@H]1CN(C2CCC(c3ccc(-c4nc5ccccc5n4C)cc3)C2)CCC12C=Cc1ccccc12. The predicted octanol–water partition coefficient (Wildman–Crippen LogP) is 7.18. The van der Waals surface area contributed by atoms with Gasteiger partial charge in [-0.05, 0) is 72.9 Å². The molecule has 182 valence electrons. The van der Waals surface area contributed by atoms with Gasteiger partial charge in [0.25, 0.3) is 0 Å². The Morgan fingerprint density at radius 1 is 0.917 bits per heavy atom. The van der Waals surface area contributed by atoms with Crippen LogP contribution in [0.2, 0.25) is 0 Å². The van der Waals surface area contributed by atoms with Crippen molar-refractivity contribution in [2.45, 2.75) is 50.0 Å². The van der Waals surface area contributed by atoms with Crippen molar-refractivity contribution in [2.75, 3.05) is 13.1 Å². The second-order valence-electron chi connectivity index (χ2n) is 11.4. The Balaban J connectivity index is 1.04. The van der Waals surface area contributed by atoms with Gasteiger partial charge >= 0.3 is 0 Å². The molecule has 3 nitrogen and oxygen atoms in total. The van der Waals surface area contributed by atoms with Crippen LogP contribution in [0.15, 0.2) is 78.9 Å². The van der Waals surface area contributed by atoms with Crippen LogP contribution in [0.3, 0.4) is 0 Å². The Kier molecular flexibility index (Phi) is 5.18. The highest BCUT2D eigenvalue weighted by Crippen LogP contribution is 2.48. The average molecular weight is 474 g/mol. The zero-order valence-electron chi connectivity index (χ0n) is 21.4. The first-order valence-electron chi connectivity index (χ1n) is 13.7. The van der Waals surface area contributed by atoms with E-state index in [1.807, 2.05) is 0 Å². The predicted molar refractivity (Wildman–Crippen MR) is 149 cm³/mol. The summed E-state index contributed by atoms with van der Waals surface area (Å²) in [7, 11) is 2.11. The van der Waals surface area contributed by atoms with Gasteiger partial charge in [-0.2, -0.15) is 0 Å². The fraction of sp³-hybridized carbons (Fsp3) is 0.364. The fourth-order valence-electron chi connectivity index (χ4n) is 7.45. The lowest BCUT2D eigenvalue weighted by molar-refractivity contribution is 0.0898. The van der Waals surface area contributed by atoms with E-state index in [1.165, 1.54) is 61.0 Å². The van der Waals surface area contributed by atoms with Gasteiger partial charge < -0.3 is 9.47 Å². The number of hydrogen-bond donors (Lipinski definition) is 0. The fourth-order valence-corrected chi connectivity index (χ4v) is 7.45. The molecule has 3 aliphatic rings. The molecule has 3 aromatic carbocycles. The van der Waals surface area contributed by atoms with Crippen LogP contribution < -0.4 is 0 Å². The van der Waals surface area contributed by atoms with Crippen molar-refractivity contribution in [3.8, 4) is 11.4 Å². The molecule has 0 N–H and O–H groups in total. The Labute approximate surface area is 214 Å². The third-order valence-electron chi connectivity index (χ3n) is 9.57. The number of imidazole rings is 1. The molecule has 4 atom stereocenters. The number of likely N-dealkylation sites (tertiary alicyclic amines) is 1. The molecule has 1 aliphatic heterocycles. The summed E-state index contributed by atoms with van der Waals surface area (Å²) in [5.41, 5.74) is 8.18. The molecule has 2 aliphatic carbocycles. The molecule has 0 radical (unpaired) electrons. The highest BCUT2D eigenvalue weighted by molar-refractivity contribution is 5.80. The van der Waals surface area contributed by atoms with Crippen molar-refractivity contribution >= 4 is 17.1 Å². The minimum Gasteiger partial charge on any atom is -0.327 e. The first-order valence-corrected chi connectivity index (χ1v) is 13.7. The third-order valence-corrected chi connectivity index (χ3v) is 9.57. The van der Waals surface area contributed by atoms with E-state index >= 15 is 0 Å². The van der Waals surface area contributed by atoms with Gasteiger partial charge in [0.05, 0.1) is 11.0 Å². The van der Waals surface area contributed by atoms with E-state index in [0.29, 0.717) is 11.8 Å². The molecule has 1 spiro atoms. The quantitative estimate of drug-likeness (QED) is 0.314. The van der Waals surface area contributed by atoms with Gasteiger partial charge in [-0.3, -0.25) is 0 Å². The van der Waals surface area contributed by atoms with Crippen LogP contribution in [0.5, 0.6) is 0 Å². The van der Waals surface area contributed by atoms with Crippen molar-refractivity contribution in [1.29, 1.82) is 0 Å². The number of hydrogen-bond acceptors (Lipinski definition) is 2. The maximum Gasteiger partial charge on any atom is 0.140 e. The van der Waals surface area contributed by atoms with Gasteiger partial charge in [0, 0.05) is 30.6 Å². The second kappa shape index (κ2) is 8.45. The molecule has 1 saturated carbocycles. The topological polar surface area (TPSA) is 21.1 Å². The van der Waals surface area contributed by atoms with Crippen LogP contribution >= 0.6 is 0 Å². The van der Waals surface area contributed by atoms with Gasteiger partial charge in [0.2, 0.25) is 0 Å². The van der Waals surface area contributed by atoms with Gasteiger partial charge in [0.15, 0.2) is 0 Å². The molecule has 36 heavy (non-hydrogen) atoms. The minimum absolute atomic E-state index is 0.247. The van der Waals surface area contributed by atoms with Crippen molar-refractivity contribution in [3.63, 3.8) is 0 Å². The van der Waals surface area contributed by atoms with Gasteiger partial charge in [-0.25, -0.2) is 4.98 Å². The molecule has 1 saturated heterocycles. The van der Waals surface area contributed by atoms with Crippen LogP contribution in [0, 0.1) is 5.92 Å². The molecule has 4 aromatic rings. The van der Waals surface area contributed by atoms with Gasteiger partial charge in [-0.15, -0.1) is 0 Å². The van der Waals surface area contributed by atoms with Crippen molar-refractivity contribution in [1.82, 2.24) is 14.5 Å². The summed E-state index contributed by atoms with van der Waals surface area (Å²) in [5.74, 6) is 2.37. The zero-order valence-corrected chi connectivity index (χ0v) is 21.4. The standard InChI is InChI=1S/C33H35N3/c1-23-22-36(20-19-33(23)18-17-25-7-3-4-8-29(25)33)28-16-15-27(21-28)24-11-13-26(14-12-24)32-34-30-9-5-6-10-31(30)35(32)2/h3-14,17-18,23,27-28H,15-16,19-22H2,1-2H3/t23-,27?,28?,33?/m0/s1. The van der Waals surface area contributed by atoms with E-state index < -0.39 is 0 Å². The Bertz CT molecular complexity index is 1450. The van der Waals surface area contributed by atoms with E-state index in [4.69, 9.17) is 4.98 Å². The number of piperidine rings is 1. The van der Waals surface area contributed by atoms with Crippen LogP contribution in [0.25, 0.3) is 28.5 Å². The number of rotatable bonds is 3. The Morgan fingerprint density at radius 2 is 1.72 bits per heavy atom. The molecule has 0 bridgehead atoms. The second-order valence-corrected chi connectivity index (χ2v) is 11.4. The number of para-hydroxylation sites is 2. The van der Waals surface area contributed by atoms with Crippen LogP contribution in [-0.4, -0.2) is 33.6 Å². The lowest BCUT2D eigenvalue weighted by atomic mass is 9.68. The molecule has 3 unspecified atom stereocenters. The summed E-state index contributed by atoms with van der Waals surface area (Å²) in [4.78, 5) is 7.70. The van der Waals surface area contributed by atoms with Gasteiger partial charge in [-0.1, -0.05) is 79.7 Å². The zero-order chi connectivity index (χ0) is 24.3. The largest absolute Gasteiger partial charge is 0.327 e. The van der Waals surface area contributed by atoms with E-state index in [2.05, 4.69) is 108 Å². The summed E-state index contributed by atoms with van der Waals surface area (Å²) >= 11 is 0. The third kappa shape index (κ3) is 3.40. The summed E-state index contributed by atoms with van der Waals surface area (Å²) in [6.45, 7) is 4.90. The molecular formula is C33H35N3. The first kappa shape index (κ1) is 22.1. The number of allylic oxidation sites excluding steroid dienone is 1. The molecule has 3 heteroatoms. The number of nitrogens with zero attached hydrogens (tertiary/aromatic N) is 3. The Morgan fingerprint density at radius 3 is 2.56 bits per heavy atom. The number of benzene rings is 3. The lowest BCUT2D eigenvalue weighted by Gasteiger charge is -2.46. The van der Waals surface area contributed by atoms with E-state index in [-0.39, 0.29) is 5.41 Å². The van der Waals surface area contributed by atoms with E-state index in [1.54, 1.807) is 5.56 Å². The van der Waals surface area contributed by atoms with E-state index in [0.717, 1.165) is 17.4 Å². The van der Waals surface area contributed by atoms with Gasteiger partial charge in [0.1, 0.15) is 5.82 Å². The maximum atomic E-state index is 4.89. The van der Waals surface area contributed by atoms with E-state index in [9.17, 15) is 0 Å². The normalized spacial score (nSPS) is 27.8. The molecule has 7 rings (SSSR count). The molecule has 2 fully saturated rings. The monoisotopic (exact) mass is 473 g/mol. The lowest BCUT2D eigenvalue weighted by Crippen LogP contribution is -2.50. The average Bonchev–Trinajstić information content (AvgIpc) is 3.64. The molecule has 1 aromatic heterocycles. The summed E-state index contributed by atoms with van der Waals surface area (Å²) in [6.07, 6.45) is 10.0. The summed E-state index contributed by atoms with van der Waals surface area (Å²) in [6, 6.07) is 27.4. The van der Waals surface area contributed by atoms with Crippen molar-refractivity contribution < 1.29 is 0 Å². The molecular weight excluding hydrogens is 438 g/mol. The first-order chi connectivity index (χ1) is 17.6. The number of fused-ring (bicyclic) bond motifs is 3. The van der Waals surface area contributed by atoms with Crippen LogP contribution in [0.4, 0.5) is 0 Å². The minimum atomic E-state index is 0.247. The molecule has 2 heterocycles. The highest BCUT2D eigenvalue weighted by Gasteiger charge is 2.45. The number of aryl methyl sites for hydroxylation is 1. The van der Waals surface area contributed by atoms with Crippen molar-refractivity contribution in [2.24, 2.45) is 13.0 Å².